The van der Waals surface area contributed by atoms with Gasteiger partial charge in [0.05, 0.1) is 11.7 Å². The van der Waals surface area contributed by atoms with Gasteiger partial charge in [-0.2, -0.15) is 0 Å². The summed E-state index contributed by atoms with van der Waals surface area (Å²) in [5.74, 6) is -2.14. The van der Waals surface area contributed by atoms with E-state index in [1.165, 1.54) is 13.1 Å². The van der Waals surface area contributed by atoms with Crippen molar-refractivity contribution in [2.24, 2.45) is 0 Å². The molecule has 6 nitrogen and oxygen atoms in total. The van der Waals surface area contributed by atoms with E-state index in [1.54, 1.807) is 26.0 Å². The number of H-pyrrole nitrogens is 1. The molecule has 0 aliphatic heterocycles. The van der Waals surface area contributed by atoms with Crippen LogP contribution in [0.25, 0.3) is 10.9 Å². The quantitative estimate of drug-likeness (QED) is 0.473. The summed E-state index contributed by atoms with van der Waals surface area (Å²) in [5, 5.41) is 3.00. The molecule has 1 amide bonds. The Kier molecular flexibility index (Phi) is 5.20. The van der Waals surface area contributed by atoms with Crippen LogP contribution in [0.1, 0.15) is 31.1 Å². The van der Waals surface area contributed by atoms with E-state index in [-0.39, 0.29) is 11.7 Å². The lowest BCUT2D eigenvalue weighted by molar-refractivity contribution is -0.150. The average molecular weight is 381 g/mol. The number of hydrogen-bond donors (Lipinski definition) is 2. The van der Waals surface area contributed by atoms with E-state index in [2.05, 4.69) is 26.2 Å². The number of Topliss-reactive ketones (excluding diaryl/α,β-unsaturated/α-hetero) is 1. The number of hydrogen-bond acceptors (Lipinski definition) is 4. The molecule has 0 bridgehead atoms. The van der Waals surface area contributed by atoms with Gasteiger partial charge in [-0.25, -0.2) is 4.79 Å². The fraction of sp³-hybridized carbons (Fsp3) is 0.312. The summed E-state index contributed by atoms with van der Waals surface area (Å²) in [6, 6.07) is 4.49. The first-order valence-corrected chi connectivity index (χ1v) is 7.91. The number of rotatable bonds is 5. The number of fused-ring (bicyclic) bond motifs is 1. The number of carbonyl (C=O) groups excluding carboxylic acids is 3. The molecule has 1 aromatic heterocycles. The Labute approximate surface area is 141 Å². The van der Waals surface area contributed by atoms with Crippen LogP contribution in [0.3, 0.4) is 0 Å². The van der Waals surface area contributed by atoms with Crippen LogP contribution in [-0.4, -0.2) is 34.8 Å². The van der Waals surface area contributed by atoms with Gasteiger partial charge in [-0.1, -0.05) is 15.9 Å². The van der Waals surface area contributed by atoms with E-state index in [0.717, 1.165) is 9.99 Å². The Balaban J connectivity index is 2.14. The van der Waals surface area contributed by atoms with Crippen LogP contribution in [-0.2, 0) is 14.3 Å². The molecule has 0 saturated heterocycles. The zero-order valence-corrected chi connectivity index (χ0v) is 14.6. The highest BCUT2D eigenvalue weighted by molar-refractivity contribution is 9.10. The van der Waals surface area contributed by atoms with E-state index < -0.39 is 23.7 Å². The van der Waals surface area contributed by atoms with Gasteiger partial charge >= 0.3 is 5.97 Å². The maximum atomic E-state index is 12.3. The highest BCUT2D eigenvalue weighted by Gasteiger charge is 2.25. The first kappa shape index (κ1) is 17.2. The molecule has 1 aromatic carbocycles. The second-order valence-corrected chi connectivity index (χ2v) is 6.32. The zero-order valence-electron chi connectivity index (χ0n) is 13.0. The third kappa shape index (κ3) is 3.98. The Bertz CT molecular complexity index is 767. The monoisotopic (exact) mass is 380 g/mol. The summed E-state index contributed by atoms with van der Waals surface area (Å²) in [6.07, 6.45) is 1.19. The molecule has 7 heteroatoms. The van der Waals surface area contributed by atoms with Crippen molar-refractivity contribution >= 4 is 44.5 Å². The van der Waals surface area contributed by atoms with Gasteiger partial charge in [-0.05, 0) is 39.0 Å². The van der Waals surface area contributed by atoms with Crippen LogP contribution in [0, 0.1) is 0 Å². The minimum absolute atomic E-state index is 0.253. The fourth-order valence-corrected chi connectivity index (χ4v) is 2.42. The summed E-state index contributed by atoms with van der Waals surface area (Å²) in [6.45, 7) is 4.89. The predicted molar refractivity (Wildman–Crippen MR) is 89.2 cm³/mol. The summed E-state index contributed by atoms with van der Waals surface area (Å²) < 4.78 is 5.79. The zero-order chi connectivity index (χ0) is 17.1. The molecule has 0 aliphatic carbocycles. The van der Waals surface area contributed by atoms with Gasteiger partial charge < -0.3 is 15.0 Å². The Morgan fingerprint density at radius 2 is 1.91 bits per heavy atom. The number of ether oxygens (including phenoxy) is 1. The predicted octanol–water partition coefficient (Wildman–Crippen LogP) is 2.57. The number of aromatic amines is 1. The highest BCUT2D eigenvalue weighted by atomic mass is 79.9. The molecule has 0 saturated carbocycles. The number of ketones is 1. The largest absolute Gasteiger partial charge is 0.461 e. The molecule has 2 rings (SSSR count). The van der Waals surface area contributed by atoms with E-state index in [4.69, 9.17) is 4.74 Å². The topological polar surface area (TPSA) is 88.3 Å². The minimum atomic E-state index is -0.897. The standard InChI is InChI=1S/C16H17BrN2O4/c1-8(2)23-16(22)9(3)19-15(21)14(20)12-7-18-13-5-4-10(17)6-11(12)13/h4-9,18H,1-3H3,(H,19,21)/t9-/m0/s1. The SMILES string of the molecule is CC(C)OC(=O)[C@H](C)NC(=O)C(=O)c1c[nH]c2ccc(Br)cc12. The number of carbonyl (C=O) groups is 3. The number of amides is 1. The van der Waals surface area contributed by atoms with E-state index in [9.17, 15) is 14.4 Å². The molecule has 1 atom stereocenters. The lowest BCUT2D eigenvalue weighted by Crippen LogP contribution is -2.43. The smallest absolute Gasteiger partial charge is 0.328 e. The van der Waals surface area contributed by atoms with Crippen LogP contribution < -0.4 is 5.32 Å². The summed E-state index contributed by atoms with van der Waals surface area (Å²) in [7, 11) is 0. The average Bonchev–Trinajstić information content (AvgIpc) is 2.88. The molecule has 0 radical (unpaired) electrons. The van der Waals surface area contributed by atoms with Crippen LogP contribution in [0.4, 0.5) is 0 Å². The third-order valence-electron chi connectivity index (χ3n) is 3.15. The molecule has 2 N–H and O–H groups in total. The third-order valence-corrected chi connectivity index (χ3v) is 3.64. The lowest BCUT2D eigenvalue weighted by Gasteiger charge is -2.14. The molecule has 23 heavy (non-hydrogen) atoms. The molecule has 1 heterocycles. The van der Waals surface area contributed by atoms with Gasteiger partial charge in [0.15, 0.2) is 0 Å². The van der Waals surface area contributed by atoms with Crippen molar-refractivity contribution in [3.05, 3.63) is 34.4 Å². The van der Waals surface area contributed by atoms with Crippen molar-refractivity contribution in [3.8, 4) is 0 Å². The second-order valence-electron chi connectivity index (χ2n) is 5.40. The van der Waals surface area contributed by atoms with Crippen LogP contribution in [0.5, 0.6) is 0 Å². The molecule has 122 valence electrons. The molecular formula is C16H17BrN2O4. The van der Waals surface area contributed by atoms with Crippen LogP contribution in [0.15, 0.2) is 28.9 Å². The number of nitrogens with one attached hydrogen (secondary N) is 2. The van der Waals surface area contributed by atoms with Gasteiger partial charge in [0.25, 0.3) is 11.7 Å². The molecule has 0 fully saturated rings. The minimum Gasteiger partial charge on any atom is -0.461 e. The van der Waals surface area contributed by atoms with Crippen molar-refractivity contribution in [3.63, 3.8) is 0 Å². The van der Waals surface area contributed by atoms with Crippen molar-refractivity contribution in [1.82, 2.24) is 10.3 Å². The Morgan fingerprint density at radius 1 is 1.22 bits per heavy atom. The Morgan fingerprint density at radius 3 is 2.57 bits per heavy atom. The maximum Gasteiger partial charge on any atom is 0.328 e. The molecule has 0 aliphatic rings. The summed E-state index contributed by atoms with van der Waals surface area (Å²) in [5.41, 5.74) is 1.000. The van der Waals surface area contributed by atoms with Gasteiger partial charge in [-0.3, -0.25) is 9.59 Å². The summed E-state index contributed by atoms with van der Waals surface area (Å²) >= 11 is 3.33. The van der Waals surface area contributed by atoms with Crippen LogP contribution >= 0.6 is 15.9 Å². The first-order valence-electron chi connectivity index (χ1n) is 7.12. The molecule has 0 spiro atoms. The fourth-order valence-electron chi connectivity index (χ4n) is 2.06. The van der Waals surface area contributed by atoms with E-state index in [1.807, 2.05) is 6.07 Å². The first-order chi connectivity index (χ1) is 10.8. The van der Waals surface area contributed by atoms with Gasteiger partial charge in [0, 0.05) is 21.6 Å². The number of esters is 1. The molecular weight excluding hydrogens is 364 g/mol. The highest BCUT2D eigenvalue weighted by Crippen LogP contribution is 2.23. The maximum absolute atomic E-state index is 12.3. The number of benzene rings is 1. The van der Waals surface area contributed by atoms with Gasteiger partial charge in [-0.15, -0.1) is 0 Å². The van der Waals surface area contributed by atoms with Gasteiger partial charge in [0.2, 0.25) is 0 Å². The summed E-state index contributed by atoms with van der Waals surface area (Å²) in [4.78, 5) is 39.0. The van der Waals surface area contributed by atoms with E-state index in [0.29, 0.717) is 5.39 Å². The second kappa shape index (κ2) is 6.95. The van der Waals surface area contributed by atoms with Crippen molar-refractivity contribution in [1.29, 1.82) is 0 Å². The normalized spacial score (nSPS) is 12.2. The van der Waals surface area contributed by atoms with Gasteiger partial charge in [0.1, 0.15) is 6.04 Å². The van der Waals surface area contributed by atoms with Crippen molar-refractivity contribution in [2.75, 3.05) is 0 Å². The van der Waals surface area contributed by atoms with Crippen molar-refractivity contribution < 1.29 is 19.1 Å². The lowest BCUT2D eigenvalue weighted by atomic mass is 10.1. The number of halogens is 1. The van der Waals surface area contributed by atoms with E-state index >= 15 is 0 Å². The molecule has 0 unspecified atom stereocenters. The van der Waals surface area contributed by atoms with Crippen LogP contribution in [0.2, 0.25) is 0 Å². The molecule has 2 aromatic rings. The Hall–Kier alpha value is -2.15. The number of aromatic nitrogens is 1. The van der Waals surface area contributed by atoms with Crippen molar-refractivity contribution in [2.45, 2.75) is 32.9 Å².